The van der Waals surface area contributed by atoms with Gasteiger partial charge >= 0.3 is 0 Å². The monoisotopic (exact) mass is 375 g/mol. The Hall–Kier alpha value is -3.57. The number of nitrogens with two attached hydrogens (primary N) is 2. The number of guanidine groups is 1. The van der Waals surface area contributed by atoms with E-state index < -0.39 is 0 Å². The summed E-state index contributed by atoms with van der Waals surface area (Å²) in [6.07, 6.45) is 4.84. The van der Waals surface area contributed by atoms with Crippen molar-refractivity contribution < 1.29 is 0 Å². The molecule has 0 saturated carbocycles. The van der Waals surface area contributed by atoms with E-state index in [1.54, 1.807) is 23.7 Å². The number of rotatable bonds is 3. The number of aryl methyl sites for hydroxylation is 1. The maximum Gasteiger partial charge on any atom is 0.211 e. The third-order valence-electron chi connectivity index (χ3n) is 3.48. The lowest BCUT2D eigenvalue weighted by atomic mass is 10.1. The molecule has 0 unspecified atom stereocenters. The molecular weight excluding hydrogens is 358 g/mol. The zero-order valence-corrected chi connectivity index (χ0v) is 15.7. The van der Waals surface area contributed by atoms with Crippen LogP contribution in [0.4, 0.5) is 0 Å². The highest BCUT2D eigenvalue weighted by atomic mass is 32.1. The number of benzene rings is 1. The molecule has 27 heavy (non-hydrogen) atoms. The van der Waals surface area contributed by atoms with Crippen molar-refractivity contribution in [2.75, 3.05) is 0 Å². The fourth-order valence-corrected chi connectivity index (χ4v) is 3.25. The molecule has 0 saturated heterocycles. The Morgan fingerprint density at radius 1 is 1.00 bits per heavy atom. The molecule has 1 aromatic carbocycles. The summed E-state index contributed by atoms with van der Waals surface area (Å²) in [5.74, 6) is 6.06. The van der Waals surface area contributed by atoms with Crippen LogP contribution in [0.1, 0.15) is 28.6 Å². The van der Waals surface area contributed by atoms with Gasteiger partial charge in [-0.1, -0.05) is 24.0 Å². The van der Waals surface area contributed by atoms with Crippen LogP contribution in [0.5, 0.6) is 0 Å². The van der Waals surface area contributed by atoms with E-state index in [-0.39, 0.29) is 5.96 Å². The first kappa shape index (κ1) is 18.2. The molecule has 2 heterocycles. The van der Waals surface area contributed by atoms with Gasteiger partial charge in [0.15, 0.2) is 0 Å². The van der Waals surface area contributed by atoms with Crippen molar-refractivity contribution in [3.05, 3.63) is 64.7 Å². The number of aromatic nitrogens is 3. The summed E-state index contributed by atoms with van der Waals surface area (Å²) in [6.45, 7) is 3.79. The Labute approximate surface area is 160 Å². The number of hydrogen-bond acceptors (Lipinski definition) is 6. The van der Waals surface area contributed by atoms with E-state index in [1.807, 2.05) is 38.1 Å². The average molecular weight is 375 g/mol. The largest absolute Gasteiger partial charge is 0.369 e. The highest BCUT2D eigenvalue weighted by molar-refractivity contribution is 7.17. The van der Waals surface area contributed by atoms with Crippen LogP contribution in [-0.4, -0.2) is 26.6 Å². The van der Waals surface area contributed by atoms with Crippen molar-refractivity contribution in [2.24, 2.45) is 21.7 Å². The molecule has 0 aliphatic carbocycles. The van der Waals surface area contributed by atoms with E-state index in [0.29, 0.717) is 0 Å². The number of hydrogen-bond donors (Lipinski definition) is 2. The van der Waals surface area contributed by atoms with Crippen LogP contribution in [-0.2, 0) is 0 Å². The van der Waals surface area contributed by atoms with Crippen LogP contribution >= 0.6 is 11.3 Å². The van der Waals surface area contributed by atoms with E-state index >= 15 is 0 Å². The summed E-state index contributed by atoms with van der Waals surface area (Å²) >= 11 is 1.54. The first-order valence-corrected chi connectivity index (χ1v) is 8.83. The molecular formula is C19H17N7S. The standard InChI is InChI=1S/C19H17N7S/c1-12-17(13(2)25-26-19(20)21)27-18(24-12)16-7-5-14(6-8-16)3-4-15-9-22-11-23-10-15/h5-11H,1-2H3,(H4,20,21,26)/b25-13+. The average Bonchev–Trinajstić information content (AvgIpc) is 3.07. The molecule has 0 radical (unpaired) electrons. The van der Waals surface area contributed by atoms with Gasteiger partial charge in [-0.05, 0) is 26.0 Å². The lowest BCUT2D eigenvalue weighted by Gasteiger charge is -1.96. The van der Waals surface area contributed by atoms with Crippen LogP contribution < -0.4 is 11.5 Å². The summed E-state index contributed by atoms with van der Waals surface area (Å²) < 4.78 is 0. The fourth-order valence-electron chi connectivity index (χ4n) is 2.24. The van der Waals surface area contributed by atoms with E-state index in [0.717, 1.165) is 38.0 Å². The zero-order chi connectivity index (χ0) is 19.2. The van der Waals surface area contributed by atoms with Gasteiger partial charge in [-0.25, -0.2) is 15.0 Å². The molecule has 0 spiro atoms. The highest BCUT2D eigenvalue weighted by Gasteiger charge is 2.12. The summed E-state index contributed by atoms with van der Waals surface area (Å²) in [7, 11) is 0. The summed E-state index contributed by atoms with van der Waals surface area (Å²) in [5, 5.41) is 8.62. The van der Waals surface area contributed by atoms with Crippen LogP contribution in [0.2, 0.25) is 0 Å². The first-order chi connectivity index (χ1) is 13.0. The van der Waals surface area contributed by atoms with Gasteiger partial charge in [0.05, 0.1) is 21.8 Å². The lowest BCUT2D eigenvalue weighted by Crippen LogP contribution is -2.22. The van der Waals surface area contributed by atoms with Crippen molar-refractivity contribution in [1.82, 2.24) is 15.0 Å². The van der Waals surface area contributed by atoms with Crippen molar-refractivity contribution in [2.45, 2.75) is 13.8 Å². The number of thiazole rings is 1. The normalized spacial score (nSPS) is 10.8. The van der Waals surface area contributed by atoms with Gasteiger partial charge in [0.25, 0.3) is 0 Å². The van der Waals surface area contributed by atoms with Gasteiger partial charge in [-0.2, -0.15) is 5.10 Å². The third kappa shape index (κ3) is 4.74. The summed E-state index contributed by atoms with van der Waals surface area (Å²) in [5.41, 5.74) is 14.9. The van der Waals surface area contributed by atoms with Crippen LogP contribution in [0, 0.1) is 18.8 Å². The fraction of sp³-hybridized carbons (Fsp3) is 0.105. The Balaban J connectivity index is 1.82. The van der Waals surface area contributed by atoms with Crippen molar-refractivity contribution in [3.63, 3.8) is 0 Å². The molecule has 8 heteroatoms. The predicted octanol–water partition coefficient (Wildman–Crippen LogP) is 2.31. The second kappa shape index (κ2) is 8.21. The minimum Gasteiger partial charge on any atom is -0.369 e. The van der Waals surface area contributed by atoms with Crippen molar-refractivity contribution in [3.8, 4) is 22.4 Å². The van der Waals surface area contributed by atoms with Crippen LogP contribution in [0.3, 0.4) is 0 Å². The maximum atomic E-state index is 5.32. The Morgan fingerprint density at radius 3 is 2.33 bits per heavy atom. The predicted molar refractivity (Wildman–Crippen MR) is 108 cm³/mol. The van der Waals surface area contributed by atoms with E-state index in [4.69, 9.17) is 11.5 Å². The Kier molecular flexibility index (Phi) is 5.54. The summed E-state index contributed by atoms with van der Waals surface area (Å²) in [4.78, 5) is 13.5. The molecule has 4 N–H and O–H groups in total. The molecule has 134 valence electrons. The topological polar surface area (TPSA) is 115 Å². The first-order valence-electron chi connectivity index (χ1n) is 8.01. The SMILES string of the molecule is C/C(=N\N=C(N)N)c1sc(-c2ccc(C#Cc3cncnc3)cc2)nc1C. The van der Waals surface area contributed by atoms with E-state index in [9.17, 15) is 0 Å². The van der Waals surface area contributed by atoms with Gasteiger partial charge < -0.3 is 11.5 Å². The summed E-state index contributed by atoms with van der Waals surface area (Å²) in [6, 6.07) is 7.91. The second-order valence-corrected chi connectivity index (χ2v) is 6.60. The smallest absolute Gasteiger partial charge is 0.211 e. The van der Waals surface area contributed by atoms with E-state index in [1.165, 1.54) is 6.33 Å². The maximum absolute atomic E-state index is 5.32. The molecule has 3 aromatic rings. The van der Waals surface area contributed by atoms with Gasteiger partial charge in [0, 0.05) is 23.5 Å². The minimum absolute atomic E-state index is 0.0736. The highest BCUT2D eigenvalue weighted by Crippen LogP contribution is 2.28. The van der Waals surface area contributed by atoms with Gasteiger partial charge in [-0.3, -0.25) is 0 Å². The Bertz CT molecular complexity index is 1050. The molecule has 7 nitrogen and oxygen atoms in total. The molecule has 2 aromatic heterocycles. The zero-order valence-electron chi connectivity index (χ0n) is 14.8. The molecule has 0 bridgehead atoms. The van der Waals surface area contributed by atoms with Crippen LogP contribution in [0.15, 0.2) is 53.2 Å². The minimum atomic E-state index is -0.0736. The molecule has 3 rings (SSSR count). The lowest BCUT2D eigenvalue weighted by molar-refractivity contribution is 1.16. The molecule has 0 amide bonds. The second-order valence-electron chi connectivity index (χ2n) is 5.60. The van der Waals surface area contributed by atoms with E-state index in [2.05, 4.69) is 37.0 Å². The van der Waals surface area contributed by atoms with Gasteiger partial charge in [0.2, 0.25) is 5.96 Å². The number of nitrogens with zero attached hydrogens (tertiary/aromatic N) is 5. The van der Waals surface area contributed by atoms with Crippen molar-refractivity contribution in [1.29, 1.82) is 0 Å². The molecule has 0 fully saturated rings. The van der Waals surface area contributed by atoms with Gasteiger partial charge in [-0.15, -0.1) is 16.4 Å². The molecule has 0 aliphatic heterocycles. The molecule has 0 atom stereocenters. The molecule has 0 aliphatic rings. The third-order valence-corrected chi connectivity index (χ3v) is 4.80. The van der Waals surface area contributed by atoms with Crippen LogP contribution in [0.25, 0.3) is 10.6 Å². The quantitative estimate of drug-likeness (QED) is 0.315. The van der Waals surface area contributed by atoms with Crippen molar-refractivity contribution >= 4 is 23.0 Å². The Morgan fingerprint density at radius 2 is 1.67 bits per heavy atom. The van der Waals surface area contributed by atoms with Gasteiger partial charge in [0.1, 0.15) is 11.3 Å².